The predicted molar refractivity (Wildman–Crippen MR) is 92.8 cm³/mol. The lowest BCUT2D eigenvalue weighted by molar-refractivity contribution is 0.246. The number of piperidine rings is 1. The number of aryl methyl sites for hydroxylation is 3. The Balaban J connectivity index is 1.62. The van der Waals surface area contributed by atoms with Crippen molar-refractivity contribution in [2.24, 2.45) is 7.05 Å². The minimum Gasteiger partial charge on any atom is -0.428 e. The van der Waals surface area contributed by atoms with Crippen LogP contribution in [0.2, 0.25) is 0 Å². The molecule has 2 aromatic rings. The van der Waals surface area contributed by atoms with Crippen molar-refractivity contribution < 1.29 is 9.21 Å². The molecule has 3 rings (SSSR count). The minimum absolute atomic E-state index is 0.0855. The van der Waals surface area contributed by atoms with Gasteiger partial charge in [-0.25, -0.2) is 9.78 Å². The van der Waals surface area contributed by atoms with Crippen molar-refractivity contribution in [3.8, 4) is 0 Å². The summed E-state index contributed by atoms with van der Waals surface area (Å²) >= 11 is 0. The Labute approximate surface area is 145 Å². The molecule has 0 aromatic carbocycles. The molecule has 1 fully saturated rings. The lowest BCUT2D eigenvalue weighted by Crippen LogP contribution is -2.50. The normalized spacial score (nSPS) is 17.4. The lowest BCUT2D eigenvalue weighted by atomic mass is 10.1. The number of rotatable bonds is 3. The third-order valence-electron chi connectivity index (χ3n) is 4.30. The van der Waals surface area contributed by atoms with Gasteiger partial charge in [-0.05, 0) is 26.7 Å². The zero-order valence-corrected chi connectivity index (χ0v) is 14.6. The van der Waals surface area contributed by atoms with Crippen LogP contribution < -0.4 is 21.1 Å². The van der Waals surface area contributed by atoms with E-state index in [-0.39, 0.29) is 23.6 Å². The maximum atomic E-state index is 12.2. The summed E-state index contributed by atoms with van der Waals surface area (Å²) in [6, 6.07) is -0.279. The monoisotopic (exact) mass is 346 g/mol. The van der Waals surface area contributed by atoms with Crippen LogP contribution in [0, 0.1) is 13.8 Å². The molecule has 1 atom stereocenters. The zero-order valence-electron chi connectivity index (χ0n) is 14.6. The van der Waals surface area contributed by atoms with Crippen LogP contribution in [-0.2, 0) is 7.05 Å². The fraction of sp³-hybridized carbons (Fsp3) is 0.500. The van der Waals surface area contributed by atoms with Gasteiger partial charge in [0.1, 0.15) is 5.76 Å². The Morgan fingerprint density at radius 1 is 1.40 bits per heavy atom. The van der Waals surface area contributed by atoms with Gasteiger partial charge in [-0.15, -0.1) is 0 Å². The second kappa shape index (κ2) is 6.96. The Morgan fingerprint density at radius 2 is 2.20 bits per heavy atom. The van der Waals surface area contributed by atoms with Crippen LogP contribution >= 0.6 is 0 Å². The first kappa shape index (κ1) is 17.0. The number of carbonyl (C=O) groups excluding carboxylic acids is 1. The molecule has 0 radical (unpaired) electrons. The molecule has 0 saturated carbocycles. The third-order valence-corrected chi connectivity index (χ3v) is 4.30. The van der Waals surface area contributed by atoms with E-state index in [2.05, 4.69) is 20.6 Å². The molecule has 134 valence electrons. The lowest BCUT2D eigenvalue weighted by Gasteiger charge is -2.33. The summed E-state index contributed by atoms with van der Waals surface area (Å²) in [5.74, 6) is 1.08. The van der Waals surface area contributed by atoms with Gasteiger partial charge in [0.05, 0.1) is 5.69 Å². The number of oxazole rings is 1. The molecule has 2 amide bonds. The van der Waals surface area contributed by atoms with Gasteiger partial charge >= 0.3 is 12.0 Å². The number of hydrogen-bond acceptors (Lipinski definition) is 6. The molecular weight excluding hydrogens is 324 g/mol. The van der Waals surface area contributed by atoms with E-state index in [0.717, 1.165) is 25.1 Å². The van der Waals surface area contributed by atoms with E-state index in [1.54, 1.807) is 26.4 Å². The smallest absolute Gasteiger partial charge is 0.323 e. The Hall–Kier alpha value is -2.84. The quantitative estimate of drug-likeness (QED) is 0.864. The Bertz CT molecular complexity index is 808. The van der Waals surface area contributed by atoms with Crippen LogP contribution in [0.4, 0.5) is 16.6 Å². The van der Waals surface area contributed by atoms with Gasteiger partial charge in [-0.1, -0.05) is 0 Å². The first-order valence-corrected chi connectivity index (χ1v) is 8.22. The second-order valence-corrected chi connectivity index (χ2v) is 6.21. The Kier molecular flexibility index (Phi) is 4.73. The zero-order chi connectivity index (χ0) is 18.0. The standard InChI is InChI=1S/C16H22N6O3/c1-10-11(2)25-16(18-10)20-15(24)19-12-5-4-7-22(9-12)13-14(23)21(3)8-6-17-13/h6,8,12H,4-5,7,9H2,1-3H3,(H2,18,19,20,24)/t12-/m1/s1. The SMILES string of the molecule is Cc1nc(NC(=O)N[C@@H]2CCCN(c3nccn(C)c3=O)C2)oc1C. The van der Waals surface area contributed by atoms with Gasteiger partial charge in [-0.2, -0.15) is 4.98 Å². The van der Waals surface area contributed by atoms with Crippen LogP contribution in [0.25, 0.3) is 0 Å². The third kappa shape index (κ3) is 3.81. The molecule has 1 aliphatic heterocycles. The summed E-state index contributed by atoms with van der Waals surface area (Å²) in [4.78, 5) is 34.6. The molecule has 1 aliphatic rings. The second-order valence-electron chi connectivity index (χ2n) is 6.21. The number of amides is 2. The van der Waals surface area contributed by atoms with Gasteiger partial charge in [0, 0.05) is 38.6 Å². The number of hydrogen-bond donors (Lipinski definition) is 2. The first-order chi connectivity index (χ1) is 11.9. The van der Waals surface area contributed by atoms with E-state index in [1.165, 1.54) is 4.57 Å². The predicted octanol–water partition coefficient (Wildman–Crippen LogP) is 1.18. The van der Waals surface area contributed by atoms with E-state index in [4.69, 9.17) is 4.42 Å². The van der Waals surface area contributed by atoms with E-state index in [0.29, 0.717) is 18.1 Å². The van der Waals surface area contributed by atoms with E-state index in [9.17, 15) is 9.59 Å². The van der Waals surface area contributed by atoms with Crippen molar-refractivity contribution >= 4 is 17.9 Å². The van der Waals surface area contributed by atoms with Crippen molar-refractivity contribution in [1.29, 1.82) is 0 Å². The van der Waals surface area contributed by atoms with Crippen LogP contribution in [0.15, 0.2) is 21.6 Å². The highest BCUT2D eigenvalue weighted by molar-refractivity contribution is 5.87. The van der Waals surface area contributed by atoms with E-state index in [1.807, 2.05) is 11.8 Å². The minimum atomic E-state index is -0.373. The maximum Gasteiger partial charge on any atom is 0.323 e. The molecule has 0 bridgehead atoms. The summed E-state index contributed by atoms with van der Waals surface area (Å²) in [5, 5.41) is 5.50. The average molecular weight is 346 g/mol. The largest absolute Gasteiger partial charge is 0.428 e. The number of carbonyl (C=O) groups is 1. The summed E-state index contributed by atoms with van der Waals surface area (Å²) in [6.07, 6.45) is 4.93. The van der Waals surface area contributed by atoms with Gasteiger partial charge in [0.15, 0.2) is 5.82 Å². The van der Waals surface area contributed by atoms with Crippen molar-refractivity contribution in [1.82, 2.24) is 19.9 Å². The highest BCUT2D eigenvalue weighted by Crippen LogP contribution is 2.15. The number of nitrogens with zero attached hydrogens (tertiary/aromatic N) is 4. The van der Waals surface area contributed by atoms with Crippen LogP contribution in [0.5, 0.6) is 0 Å². The molecule has 9 heteroatoms. The van der Waals surface area contributed by atoms with Crippen molar-refractivity contribution in [3.05, 3.63) is 34.2 Å². The van der Waals surface area contributed by atoms with Crippen LogP contribution in [0.1, 0.15) is 24.3 Å². The summed E-state index contributed by atoms with van der Waals surface area (Å²) < 4.78 is 6.85. The molecular formula is C16H22N6O3. The first-order valence-electron chi connectivity index (χ1n) is 8.22. The van der Waals surface area contributed by atoms with Gasteiger partial charge in [0.25, 0.3) is 5.56 Å². The molecule has 0 spiro atoms. The highest BCUT2D eigenvalue weighted by atomic mass is 16.4. The number of nitrogens with one attached hydrogen (secondary N) is 2. The van der Waals surface area contributed by atoms with Gasteiger partial charge in [0.2, 0.25) is 0 Å². The highest BCUT2D eigenvalue weighted by Gasteiger charge is 2.24. The van der Waals surface area contributed by atoms with Crippen LogP contribution in [0.3, 0.4) is 0 Å². The van der Waals surface area contributed by atoms with Crippen molar-refractivity contribution in [2.45, 2.75) is 32.7 Å². The molecule has 3 heterocycles. The number of anilines is 2. The molecule has 0 aliphatic carbocycles. The van der Waals surface area contributed by atoms with Crippen molar-refractivity contribution in [3.63, 3.8) is 0 Å². The molecule has 9 nitrogen and oxygen atoms in total. The topological polar surface area (TPSA) is 105 Å². The summed E-state index contributed by atoms with van der Waals surface area (Å²) in [7, 11) is 1.70. The molecule has 2 N–H and O–H groups in total. The van der Waals surface area contributed by atoms with Crippen LogP contribution in [-0.4, -0.2) is 39.7 Å². The molecule has 0 unspecified atom stereocenters. The van der Waals surface area contributed by atoms with E-state index < -0.39 is 0 Å². The van der Waals surface area contributed by atoms with Crippen molar-refractivity contribution in [2.75, 3.05) is 23.3 Å². The Morgan fingerprint density at radius 3 is 2.92 bits per heavy atom. The fourth-order valence-electron chi connectivity index (χ4n) is 2.83. The average Bonchev–Trinajstić information content (AvgIpc) is 2.87. The molecule has 25 heavy (non-hydrogen) atoms. The summed E-state index contributed by atoms with van der Waals surface area (Å²) in [5.41, 5.74) is 0.600. The molecule has 1 saturated heterocycles. The maximum absolute atomic E-state index is 12.2. The van der Waals surface area contributed by atoms with E-state index >= 15 is 0 Å². The fourth-order valence-corrected chi connectivity index (χ4v) is 2.83. The number of urea groups is 1. The number of aromatic nitrogens is 3. The molecule has 2 aromatic heterocycles. The van der Waals surface area contributed by atoms with Gasteiger partial charge < -0.3 is 19.2 Å². The summed E-state index contributed by atoms with van der Waals surface area (Å²) in [6.45, 7) is 4.87. The van der Waals surface area contributed by atoms with Gasteiger partial charge in [-0.3, -0.25) is 10.1 Å².